The number of amides is 2. The maximum Gasteiger partial charge on any atom is 0.244 e. The molecule has 1 aliphatic carbocycles. The number of benzene rings is 2. The van der Waals surface area contributed by atoms with Gasteiger partial charge in [-0.05, 0) is 44.4 Å². The average molecular weight is 502 g/mol. The lowest BCUT2D eigenvalue weighted by Crippen LogP contribution is -2.52. The molecule has 3 rings (SSSR count). The van der Waals surface area contributed by atoms with Crippen LogP contribution in [-0.4, -0.2) is 56.6 Å². The Kier molecular flexibility index (Phi) is 9.14. The minimum atomic E-state index is -3.82. The number of para-hydroxylation sites is 2. The molecule has 1 aliphatic rings. The molecule has 2 aromatic carbocycles. The molecular weight excluding hydrogens is 466 g/mol. The minimum Gasteiger partial charge on any atom is -0.492 e. The average Bonchev–Trinajstić information content (AvgIpc) is 3.34. The molecule has 2 aromatic rings. The van der Waals surface area contributed by atoms with Crippen molar-refractivity contribution in [1.29, 1.82) is 0 Å². The van der Waals surface area contributed by atoms with Crippen LogP contribution < -0.4 is 14.4 Å². The van der Waals surface area contributed by atoms with Crippen LogP contribution in [0.15, 0.2) is 54.6 Å². The van der Waals surface area contributed by atoms with Crippen molar-refractivity contribution in [2.75, 3.05) is 23.7 Å². The zero-order chi connectivity index (χ0) is 25.4. The van der Waals surface area contributed by atoms with Crippen LogP contribution in [-0.2, 0) is 26.2 Å². The van der Waals surface area contributed by atoms with E-state index in [0.717, 1.165) is 41.8 Å². The van der Waals surface area contributed by atoms with Crippen molar-refractivity contribution in [3.8, 4) is 5.75 Å². The van der Waals surface area contributed by atoms with Gasteiger partial charge < -0.3 is 15.0 Å². The van der Waals surface area contributed by atoms with Crippen LogP contribution in [0.1, 0.15) is 45.1 Å². The summed E-state index contributed by atoms with van der Waals surface area (Å²) in [5.41, 5.74) is 1.13. The molecule has 2 amide bonds. The Morgan fingerprint density at radius 3 is 2.31 bits per heavy atom. The molecule has 0 spiro atoms. The Balaban J connectivity index is 1.89. The van der Waals surface area contributed by atoms with Crippen molar-refractivity contribution >= 4 is 27.5 Å². The summed E-state index contributed by atoms with van der Waals surface area (Å²) in [4.78, 5) is 28.1. The van der Waals surface area contributed by atoms with Crippen molar-refractivity contribution in [3.63, 3.8) is 0 Å². The van der Waals surface area contributed by atoms with E-state index in [1.165, 1.54) is 4.90 Å². The summed E-state index contributed by atoms with van der Waals surface area (Å²) >= 11 is 0. The topological polar surface area (TPSA) is 96.0 Å². The molecule has 1 saturated carbocycles. The summed E-state index contributed by atoms with van der Waals surface area (Å²) in [6.07, 6.45) is 5.08. The van der Waals surface area contributed by atoms with E-state index in [4.69, 9.17) is 4.74 Å². The molecule has 0 unspecified atom stereocenters. The molecule has 0 bridgehead atoms. The van der Waals surface area contributed by atoms with Crippen molar-refractivity contribution in [2.24, 2.45) is 0 Å². The fourth-order valence-electron chi connectivity index (χ4n) is 4.29. The molecule has 190 valence electrons. The molecule has 0 aromatic heterocycles. The van der Waals surface area contributed by atoms with Crippen LogP contribution in [0.25, 0.3) is 0 Å². The second-order valence-corrected chi connectivity index (χ2v) is 10.8. The molecule has 8 nitrogen and oxygen atoms in total. The quantitative estimate of drug-likeness (QED) is 0.510. The fourth-order valence-corrected chi connectivity index (χ4v) is 5.14. The number of nitrogens with zero attached hydrogens (tertiary/aromatic N) is 2. The van der Waals surface area contributed by atoms with Gasteiger partial charge in [-0.2, -0.15) is 0 Å². The van der Waals surface area contributed by atoms with Crippen LogP contribution in [0.2, 0.25) is 0 Å². The van der Waals surface area contributed by atoms with Gasteiger partial charge >= 0.3 is 0 Å². The van der Waals surface area contributed by atoms with Gasteiger partial charge in [0.05, 0.1) is 18.6 Å². The van der Waals surface area contributed by atoms with Crippen molar-refractivity contribution < 1.29 is 22.7 Å². The summed E-state index contributed by atoms with van der Waals surface area (Å²) in [5.74, 6) is -0.337. The monoisotopic (exact) mass is 501 g/mol. The third-order valence-corrected chi connectivity index (χ3v) is 7.30. The highest BCUT2D eigenvalue weighted by molar-refractivity contribution is 7.92. The van der Waals surface area contributed by atoms with Crippen LogP contribution in [0.5, 0.6) is 5.75 Å². The summed E-state index contributed by atoms with van der Waals surface area (Å²) in [6, 6.07) is 15.4. The molecule has 1 N–H and O–H groups in total. The smallest absolute Gasteiger partial charge is 0.244 e. The largest absolute Gasteiger partial charge is 0.492 e. The molecule has 1 fully saturated rings. The van der Waals surface area contributed by atoms with Crippen LogP contribution >= 0.6 is 0 Å². The van der Waals surface area contributed by atoms with E-state index in [1.54, 1.807) is 38.1 Å². The normalized spacial score (nSPS) is 14.8. The Morgan fingerprint density at radius 2 is 1.69 bits per heavy atom. The number of anilines is 1. The lowest BCUT2D eigenvalue weighted by atomic mass is 10.1. The van der Waals surface area contributed by atoms with E-state index >= 15 is 0 Å². The Bertz CT molecular complexity index is 1100. The van der Waals surface area contributed by atoms with Crippen LogP contribution in [0.3, 0.4) is 0 Å². The molecule has 0 heterocycles. The minimum absolute atomic E-state index is 0.115. The first kappa shape index (κ1) is 26.5. The molecule has 0 aliphatic heterocycles. The summed E-state index contributed by atoms with van der Waals surface area (Å²) in [5, 5.41) is 3.06. The lowest BCUT2D eigenvalue weighted by molar-refractivity contribution is -0.139. The number of carbonyl (C=O) groups excluding carboxylic acids is 2. The van der Waals surface area contributed by atoms with Gasteiger partial charge in [0, 0.05) is 12.6 Å². The van der Waals surface area contributed by atoms with E-state index in [9.17, 15) is 18.0 Å². The van der Waals surface area contributed by atoms with E-state index in [0.29, 0.717) is 12.4 Å². The van der Waals surface area contributed by atoms with Gasteiger partial charge in [-0.3, -0.25) is 13.9 Å². The lowest BCUT2D eigenvalue weighted by Gasteiger charge is -2.32. The molecule has 1 atom stereocenters. The van der Waals surface area contributed by atoms with Crippen molar-refractivity contribution in [1.82, 2.24) is 10.2 Å². The van der Waals surface area contributed by atoms with Gasteiger partial charge in [0.25, 0.3) is 0 Å². The van der Waals surface area contributed by atoms with Gasteiger partial charge in [-0.15, -0.1) is 0 Å². The maximum atomic E-state index is 13.6. The Labute approximate surface area is 208 Å². The highest BCUT2D eigenvalue weighted by atomic mass is 32.2. The Morgan fingerprint density at radius 1 is 1.06 bits per heavy atom. The maximum absolute atomic E-state index is 13.6. The van der Waals surface area contributed by atoms with E-state index < -0.39 is 28.5 Å². The zero-order valence-electron chi connectivity index (χ0n) is 20.6. The predicted octanol–water partition coefficient (Wildman–Crippen LogP) is 3.33. The molecule has 35 heavy (non-hydrogen) atoms. The predicted molar refractivity (Wildman–Crippen MR) is 137 cm³/mol. The number of hydrogen-bond acceptors (Lipinski definition) is 5. The Hall–Kier alpha value is -3.07. The number of nitrogens with one attached hydrogen (secondary N) is 1. The molecular formula is C26H35N3O5S. The highest BCUT2D eigenvalue weighted by Crippen LogP contribution is 2.30. The van der Waals surface area contributed by atoms with E-state index in [2.05, 4.69) is 5.32 Å². The highest BCUT2D eigenvalue weighted by Gasteiger charge is 2.32. The SMILES string of the molecule is CCOc1ccccc1N(CC(=O)N(Cc1ccccc1)[C@@H](C)C(=O)NC1CCCC1)S(C)(=O)=O. The van der Waals surface area contributed by atoms with Crippen LogP contribution in [0, 0.1) is 0 Å². The second-order valence-electron chi connectivity index (χ2n) is 8.84. The number of carbonyl (C=O) groups is 2. The molecule has 0 radical (unpaired) electrons. The van der Waals surface area contributed by atoms with Crippen LogP contribution in [0.4, 0.5) is 5.69 Å². The van der Waals surface area contributed by atoms with Gasteiger partial charge in [-0.25, -0.2) is 8.42 Å². The zero-order valence-corrected chi connectivity index (χ0v) is 21.5. The number of hydrogen-bond donors (Lipinski definition) is 1. The molecule has 9 heteroatoms. The van der Waals surface area contributed by atoms with Crippen molar-refractivity contribution in [3.05, 3.63) is 60.2 Å². The third kappa shape index (κ3) is 7.21. The number of sulfonamides is 1. The van der Waals surface area contributed by atoms with Gasteiger partial charge in [-0.1, -0.05) is 55.3 Å². The van der Waals surface area contributed by atoms with Gasteiger partial charge in [0.15, 0.2) is 0 Å². The fraction of sp³-hybridized carbons (Fsp3) is 0.462. The van der Waals surface area contributed by atoms with E-state index in [-0.39, 0.29) is 24.2 Å². The molecule has 0 saturated heterocycles. The van der Waals surface area contributed by atoms with Gasteiger partial charge in [0.2, 0.25) is 21.8 Å². The summed E-state index contributed by atoms with van der Waals surface area (Å²) in [6.45, 7) is 3.57. The first-order chi connectivity index (χ1) is 16.7. The third-order valence-electron chi connectivity index (χ3n) is 6.18. The second kappa shape index (κ2) is 12.1. The van der Waals surface area contributed by atoms with Crippen molar-refractivity contribution in [2.45, 2.75) is 58.2 Å². The van der Waals surface area contributed by atoms with Gasteiger partial charge in [0.1, 0.15) is 18.3 Å². The summed E-state index contributed by atoms with van der Waals surface area (Å²) in [7, 11) is -3.82. The standard InChI is InChI=1S/C26H35N3O5S/c1-4-34-24-17-11-10-16-23(24)29(35(3,32)33)19-25(30)28(18-21-12-6-5-7-13-21)20(2)26(31)27-22-14-8-9-15-22/h5-7,10-13,16-17,20,22H,4,8-9,14-15,18-19H2,1-3H3,(H,27,31)/t20-/m0/s1. The van der Waals surface area contributed by atoms with E-state index in [1.807, 2.05) is 30.3 Å². The number of rotatable bonds is 11. The summed E-state index contributed by atoms with van der Waals surface area (Å²) < 4.78 is 32.2. The number of ether oxygens (including phenoxy) is 1. The first-order valence-corrected chi connectivity index (χ1v) is 13.9. The first-order valence-electron chi connectivity index (χ1n) is 12.0.